The molecule has 21 heavy (non-hydrogen) atoms. The third-order valence-electron chi connectivity index (χ3n) is 2.96. The molecule has 2 N–H and O–H groups in total. The molecular formula is C15H23ClF2N2O. The van der Waals surface area contributed by atoms with Crippen LogP contribution in [0.2, 0.25) is 5.02 Å². The predicted molar refractivity (Wildman–Crippen MR) is 83.3 cm³/mol. The number of rotatable bonds is 9. The molecule has 0 atom stereocenters. The zero-order chi connectivity index (χ0) is 15.8. The fourth-order valence-electron chi connectivity index (χ4n) is 2.02. The molecule has 0 spiro atoms. The van der Waals surface area contributed by atoms with Gasteiger partial charge in [-0.15, -0.1) is 0 Å². The number of hydrogen-bond acceptors (Lipinski definition) is 3. The molecule has 0 aromatic heterocycles. The van der Waals surface area contributed by atoms with Crippen molar-refractivity contribution in [1.29, 1.82) is 0 Å². The molecule has 6 heteroatoms. The van der Waals surface area contributed by atoms with E-state index in [9.17, 15) is 8.78 Å². The van der Waals surface area contributed by atoms with Crippen LogP contribution in [0.1, 0.15) is 19.4 Å². The second-order valence-electron chi connectivity index (χ2n) is 5.37. The maximum atomic E-state index is 12.6. The first kappa shape index (κ1) is 18.1. The number of anilines is 1. The Labute approximate surface area is 129 Å². The van der Waals surface area contributed by atoms with Gasteiger partial charge in [-0.3, -0.25) is 0 Å². The van der Waals surface area contributed by atoms with Gasteiger partial charge in [-0.05, 0) is 30.2 Å². The first-order chi connectivity index (χ1) is 9.93. The molecule has 0 bridgehead atoms. The summed E-state index contributed by atoms with van der Waals surface area (Å²) in [5.41, 5.74) is 1.53. The van der Waals surface area contributed by atoms with E-state index in [4.69, 9.17) is 16.7 Å². The molecule has 1 aromatic rings. The summed E-state index contributed by atoms with van der Waals surface area (Å²) in [6.07, 6.45) is -2.47. The molecule has 0 unspecified atom stereocenters. The number of benzene rings is 1. The van der Waals surface area contributed by atoms with Crippen molar-refractivity contribution in [2.45, 2.75) is 26.8 Å². The molecule has 0 fully saturated rings. The van der Waals surface area contributed by atoms with Gasteiger partial charge in [0.2, 0.25) is 0 Å². The molecule has 0 heterocycles. The SMILES string of the molecule is CC(C)CNCc1ccc(N(CCO)CC(F)F)c(Cl)c1. The standard InChI is InChI=1S/C15H23ClF2N2O/c1-11(2)8-19-9-12-3-4-14(13(16)7-12)20(5-6-21)10-15(17)18/h3-4,7,11,15,19,21H,5-6,8-10H2,1-2H3. The Morgan fingerprint density at radius 3 is 2.57 bits per heavy atom. The summed E-state index contributed by atoms with van der Waals surface area (Å²) in [4.78, 5) is 1.40. The highest BCUT2D eigenvalue weighted by atomic mass is 35.5. The summed E-state index contributed by atoms with van der Waals surface area (Å²) >= 11 is 6.19. The molecular weight excluding hydrogens is 298 g/mol. The topological polar surface area (TPSA) is 35.5 Å². The van der Waals surface area contributed by atoms with Gasteiger partial charge in [-0.2, -0.15) is 0 Å². The summed E-state index contributed by atoms with van der Waals surface area (Å²) in [5.74, 6) is 0.561. The van der Waals surface area contributed by atoms with Gasteiger partial charge in [-0.25, -0.2) is 8.78 Å². The van der Waals surface area contributed by atoms with E-state index in [1.54, 1.807) is 12.1 Å². The number of nitrogens with zero attached hydrogens (tertiary/aromatic N) is 1. The van der Waals surface area contributed by atoms with Crippen molar-refractivity contribution in [3.05, 3.63) is 28.8 Å². The largest absolute Gasteiger partial charge is 0.395 e. The molecule has 0 saturated heterocycles. The Morgan fingerprint density at radius 2 is 2.05 bits per heavy atom. The monoisotopic (exact) mass is 320 g/mol. The fraction of sp³-hybridized carbons (Fsp3) is 0.600. The highest BCUT2D eigenvalue weighted by Crippen LogP contribution is 2.27. The van der Waals surface area contributed by atoms with Crippen LogP contribution < -0.4 is 10.2 Å². The molecule has 0 amide bonds. The zero-order valence-electron chi connectivity index (χ0n) is 12.5. The third-order valence-corrected chi connectivity index (χ3v) is 3.27. The summed E-state index contributed by atoms with van der Waals surface area (Å²) in [6, 6.07) is 5.37. The molecule has 0 radical (unpaired) electrons. The lowest BCUT2D eigenvalue weighted by molar-refractivity contribution is 0.153. The Morgan fingerprint density at radius 1 is 1.33 bits per heavy atom. The van der Waals surface area contributed by atoms with E-state index in [2.05, 4.69) is 19.2 Å². The van der Waals surface area contributed by atoms with Crippen LogP contribution in [0.15, 0.2) is 18.2 Å². The summed E-state index contributed by atoms with van der Waals surface area (Å²) in [7, 11) is 0. The highest BCUT2D eigenvalue weighted by molar-refractivity contribution is 6.33. The van der Waals surface area contributed by atoms with Crippen LogP contribution in [0.25, 0.3) is 0 Å². The van der Waals surface area contributed by atoms with Crippen molar-refractivity contribution in [1.82, 2.24) is 5.32 Å². The van der Waals surface area contributed by atoms with Gasteiger partial charge >= 0.3 is 0 Å². The first-order valence-electron chi connectivity index (χ1n) is 7.07. The number of nitrogens with one attached hydrogen (secondary N) is 1. The Bertz CT molecular complexity index is 430. The van der Waals surface area contributed by atoms with Gasteiger partial charge in [0.15, 0.2) is 0 Å². The number of aliphatic hydroxyl groups is 1. The van der Waals surface area contributed by atoms with E-state index < -0.39 is 13.0 Å². The van der Waals surface area contributed by atoms with Crippen molar-refractivity contribution in [2.75, 3.05) is 31.1 Å². The number of aliphatic hydroxyl groups excluding tert-OH is 1. The van der Waals surface area contributed by atoms with Gasteiger partial charge in [0.25, 0.3) is 6.43 Å². The van der Waals surface area contributed by atoms with E-state index in [1.807, 2.05) is 6.07 Å². The third kappa shape index (κ3) is 6.59. The summed E-state index contributed by atoms with van der Waals surface area (Å²) in [6.45, 7) is 5.34. The molecule has 0 saturated carbocycles. The second kappa shape index (κ2) is 9.18. The van der Waals surface area contributed by atoms with Crippen molar-refractivity contribution in [3.8, 4) is 0 Å². The predicted octanol–water partition coefficient (Wildman–Crippen LogP) is 3.15. The second-order valence-corrected chi connectivity index (χ2v) is 5.78. The van der Waals surface area contributed by atoms with E-state index in [1.165, 1.54) is 4.90 Å². The minimum atomic E-state index is -2.47. The average molecular weight is 321 g/mol. The molecule has 3 nitrogen and oxygen atoms in total. The van der Waals surface area contributed by atoms with Gasteiger partial charge in [0.1, 0.15) is 0 Å². The number of halogens is 3. The van der Waals surface area contributed by atoms with Crippen LogP contribution in [0.4, 0.5) is 14.5 Å². The summed E-state index contributed by atoms with van der Waals surface area (Å²) in [5, 5.41) is 12.7. The lowest BCUT2D eigenvalue weighted by Gasteiger charge is -2.25. The van der Waals surface area contributed by atoms with Crippen molar-refractivity contribution in [2.24, 2.45) is 5.92 Å². The number of alkyl halides is 2. The van der Waals surface area contributed by atoms with Gasteiger partial charge in [0, 0.05) is 13.1 Å². The van der Waals surface area contributed by atoms with Crippen LogP contribution in [0, 0.1) is 5.92 Å². The quantitative estimate of drug-likeness (QED) is 0.733. The van der Waals surface area contributed by atoms with Gasteiger partial charge in [0.05, 0.1) is 23.9 Å². The maximum Gasteiger partial charge on any atom is 0.255 e. The zero-order valence-corrected chi connectivity index (χ0v) is 13.2. The molecule has 120 valence electrons. The fourth-order valence-corrected chi connectivity index (χ4v) is 2.34. The van der Waals surface area contributed by atoms with Crippen molar-refractivity contribution < 1.29 is 13.9 Å². The maximum absolute atomic E-state index is 12.6. The normalized spacial score (nSPS) is 11.4. The van der Waals surface area contributed by atoms with E-state index in [0.29, 0.717) is 23.2 Å². The van der Waals surface area contributed by atoms with Crippen molar-refractivity contribution >= 4 is 17.3 Å². The molecule has 1 aromatic carbocycles. The van der Waals surface area contributed by atoms with E-state index >= 15 is 0 Å². The van der Waals surface area contributed by atoms with Gasteiger partial charge in [-0.1, -0.05) is 31.5 Å². The minimum absolute atomic E-state index is 0.134. The van der Waals surface area contributed by atoms with Gasteiger partial charge < -0.3 is 15.3 Å². The molecule has 0 aliphatic heterocycles. The molecule has 1 rings (SSSR count). The van der Waals surface area contributed by atoms with Crippen LogP contribution in [-0.4, -0.2) is 37.8 Å². The highest BCUT2D eigenvalue weighted by Gasteiger charge is 2.15. The minimum Gasteiger partial charge on any atom is -0.395 e. The molecule has 0 aliphatic rings. The number of hydrogen-bond donors (Lipinski definition) is 2. The van der Waals surface area contributed by atoms with E-state index in [0.717, 1.165) is 12.1 Å². The van der Waals surface area contributed by atoms with E-state index in [-0.39, 0.29) is 13.2 Å². The first-order valence-corrected chi connectivity index (χ1v) is 7.45. The summed E-state index contributed by atoms with van der Waals surface area (Å²) < 4.78 is 25.1. The molecule has 0 aliphatic carbocycles. The Hall–Kier alpha value is -0.910. The van der Waals surface area contributed by atoms with Crippen LogP contribution in [0.3, 0.4) is 0 Å². The lowest BCUT2D eigenvalue weighted by Crippen LogP contribution is -2.31. The van der Waals surface area contributed by atoms with Crippen LogP contribution >= 0.6 is 11.6 Å². The van der Waals surface area contributed by atoms with Crippen LogP contribution in [-0.2, 0) is 6.54 Å². The Kier molecular flexibility index (Phi) is 7.93. The average Bonchev–Trinajstić information content (AvgIpc) is 2.37. The van der Waals surface area contributed by atoms with Crippen LogP contribution in [0.5, 0.6) is 0 Å². The Balaban J connectivity index is 2.74. The smallest absolute Gasteiger partial charge is 0.255 e. The lowest BCUT2D eigenvalue weighted by atomic mass is 10.1. The van der Waals surface area contributed by atoms with Crippen molar-refractivity contribution in [3.63, 3.8) is 0 Å².